The number of halogens is 3. The zero-order valence-corrected chi connectivity index (χ0v) is 15.6. The highest BCUT2D eigenvalue weighted by atomic mass is 19.4. The monoisotopic (exact) mass is 401 g/mol. The number of aromatic nitrogens is 5. The maximum atomic E-state index is 13.4. The van der Waals surface area contributed by atoms with Gasteiger partial charge in [-0.3, -0.25) is 4.98 Å². The molecule has 4 heterocycles. The standard InChI is InChI=1S/C19H18F3N7/c1-13-24-7-4-16(25-13)28-8-10-29(11-9-28)17-12-15(19(20,21)22)26-18(27-17)14-2-5-23-6-3-14/h2-7,12H,8-11H2,1H3. The number of piperazine rings is 1. The predicted molar refractivity (Wildman–Crippen MR) is 101 cm³/mol. The molecular formula is C19H18F3N7. The average molecular weight is 401 g/mol. The molecule has 1 aliphatic rings. The van der Waals surface area contributed by atoms with E-state index in [1.165, 1.54) is 12.4 Å². The lowest BCUT2D eigenvalue weighted by Crippen LogP contribution is -2.47. The van der Waals surface area contributed by atoms with E-state index in [1.807, 2.05) is 17.9 Å². The van der Waals surface area contributed by atoms with Crippen LogP contribution in [0.4, 0.5) is 24.8 Å². The summed E-state index contributed by atoms with van der Waals surface area (Å²) in [5.41, 5.74) is -0.467. The highest BCUT2D eigenvalue weighted by molar-refractivity contribution is 5.58. The lowest BCUT2D eigenvalue weighted by Gasteiger charge is -2.36. The molecule has 3 aromatic heterocycles. The Morgan fingerprint density at radius 3 is 2.10 bits per heavy atom. The van der Waals surface area contributed by atoms with Gasteiger partial charge in [0.2, 0.25) is 0 Å². The molecule has 29 heavy (non-hydrogen) atoms. The summed E-state index contributed by atoms with van der Waals surface area (Å²) in [6.45, 7) is 4.10. The number of hydrogen-bond acceptors (Lipinski definition) is 7. The van der Waals surface area contributed by atoms with Crippen molar-refractivity contribution in [3.63, 3.8) is 0 Å². The van der Waals surface area contributed by atoms with E-state index in [9.17, 15) is 13.2 Å². The summed E-state index contributed by atoms with van der Waals surface area (Å²) < 4.78 is 40.2. The van der Waals surface area contributed by atoms with Crippen LogP contribution in [0.1, 0.15) is 11.5 Å². The van der Waals surface area contributed by atoms with Gasteiger partial charge in [0.25, 0.3) is 0 Å². The predicted octanol–water partition coefficient (Wildman–Crippen LogP) is 2.98. The summed E-state index contributed by atoms with van der Waals surface area (Å²) in [5, 5.41) is 0. The maximum Gasteiger partial charge on any atom is 0.433 e. The number of alkyl halides is 3. The highest BCUT2D eigenvalue weighted by Gasteiger charge is 2.34. The summed E-state index contributed by atoms with van der Waals surface area (Å²) in [7, 11) is 0. The number of rotatable bonds is 3. The van der Waals surface area contributed by atoms with Crippen LogP contribution in [0.15, 0.2) is 42.9 Å². The molecule has 0 aliphatic carbocycles. The fraction of sp³-hybridized carbons (Fsp3) is 0.316. The molecule has 1 saturated heterocycles. The van der Waals surface area contributed by atoms with Crippen molar-refractivity contribution in [3.05, 3.63) is 54.4 Å². The van der Waals surface area contributed by atoms with Crippen molar-refractivity contribution in [2.24, 2.45) is 0 Å². The molecule has 0 radical (unpaired) electrons. The molecule has 0 bridgehead atoms. The summed E-state index contributed by atoms with van der Waals surface area (Å²) in [6, 6.07) is 6.02. The van der Waals surface area contributed by atoms with Gasteiger partial charge in [-0.2, -0.15) is 13.2 Å². The van der Waals surface area contributed by atoms with Crippen LogP contribution in [0.2, 0.25) is 0 Å². The van der Waals surface area contributed by atoms with E-state index in [1.54, 1.807) is 18.3 Å². The van der Waals surface area contributed by atoms with Crippen LogP contribution in [-0.2, 0) is 6.18 Å². The fourth-order valence-corrected chi connectivity index (χ4v) is 3.16. The minimum atomic E-state index is -4.56. The van der Waals surface area contributed by atoms with Crippen molar-refractivity contribution in [3.8, 4) is 11.4 Å². The third-order valence-electron chi connectivity index (χ3n) is 4.63. The number of hydrogen-bond donors (Lipinski definition) is 0. The van der Waals surface area contributed by atoms with Crippen molar-refractivity contribution >= 4 is 11.6 Å². The van der Waals surface area contributed by atoms with E-state index in [4.69, 9.17) is 0 Å². The molecule has 0 spiro atoms. The van der Waals surface area contributed by atoms with Gasteiger partial charge in [-0.1, -0.05) is 0 Å². The molecule has 0 unspecified atom stereocenters. The number of anilines is 2. The maximum absolute atomic E-state index is 13.4. The Balaban J connectivity index is 1.60. The van der Waals surface area contributed by atoms with E-state index in [0.717, 1.165) is 11.9 Å². The number of nitrogens with zero attached hydrogens (tertiary/aromatic N) is 7. The van der Waals surface area contributed by atoms with Gasteiger partial charge in [-0.25, -0.2) is 19.9 Å². The molecule has 0 aromatic carbocycles. The summed E-state index contributed by atoms with van der Waals surface area (Å²) in [5.74, 6) is 1.79. The quantitative estimate of drug-likeness (QED) is 0.668. The first-order valence-corrected chi connectivity index (χ1v) is 9.06. The van der Waals surface area contributed by atoms with Crippen LogP contribution < -0.4 is 9.80 Å². The molecule has 0 N–H and O–H groups in total. The lowest BCUT2D eigenvalue weighted by molar-refractivity contribution is -0.141. The van der Waals surface area contributed by atoms with Crippen LogP contribution in [0.25, 0.3) is 11.4 Å². The van der Waals surface area contributed by atoms with Crippen molar-refractivity contribution in [1.82, 2.24) is 24.9 Å². The number of aryl methyl sites for hydroxylation is 1. The van der Waals surface area contributed by atoms with Crippen molar-refractivity contribution in [1.29, 1.82) is 0 Å². The van der Waals surface area contributed by atoms with Crippen molar-refractivity contribution < 1.29 is 13.2 Å². The molecule has 1 fully saturated rings. The van der Waals surface area contributed by atoms with Gasteiger partial charge >= 0.3 is 6.18 Å². The molecule has 4 rings (SSSR count). The molecule has 150 valence electrons. The first-order valence-electron chi connectivity index (χ1n) is 9.06. The van der Waals surface area contributed by atoms with Gasteiger partial charge in [0.15, 0.2) is 11.5 Å². The third kappa shape index (κ3) is 4.25. The molecule has 7 nitrogen and oxygen atoms in total. The van der Waals surface area contributed by atoms with Crippen LogP contribution in [0, 0.1) is 6.92 Å². The second-order valence-electron chi connectivity index (χ2n) is 6.60. The first-order chi connectivity index (χ1) is 13.9. The van der Waals surface area contributed by atoms with Crippen LogP contribution in [0.3, 0.4) is 0 Å². The number of pyridine rings is 1. The Labute approximate surface area is 165 Å². The van der Waals surface area contributed by atoms with Crippen LogP contribution in [-0.4, -0.2) is 51.1 Å². The van der Waals surface area contributed by atoms with E-state index in [0.29, 0.717) is 37.6 Å². The normalized spacial score (nSPS) is 14.9. The van der Waals surface area contributed by atoms with E-state index >= 15 is 0 Å². The van der Waals surface area contributed by atoms with Gasteiger partial charge < -0.3 is 9.80 Å². The van der Waals surface area contributed by atoms with Crippen molar-refractivity contribution in [2.75, 3.05) is 36.0 Å². The molecule has 10 heteroatoms. The topological polar surface area (TPSA) is 70.9 Å². The minimum Gasteiger partial charge on any atom is -0.353 e. The Kier molecular flexibility index (Phi) is 4.99. The molecule has 0 atom stereocenters. The molecule has 3 aromatic rings. The van der Waals surface area contributed by atoms with E-state index in [-0.39, 0.29) is 11.6 Å². The average Bonchev–Trinajstić information content (AvgIpc) is 2.73. The molecule has 0 saturated carbocycles. The summed E-state index contributed by atoms with van der Waals surface area (Å²) in [4.78, 5) is 24.4. The van der Waals surface area contributed by atoms with E-state index < -0.39 is 11.9 Å². The second-order valence-corrected chi connectivity index (χ2v) is 6.60. The smallest absolute Gasteiger partial charge is 0.353 e. The molecular weight excluding hydrogens is 383 g/mol. The van der Waals surface area contributed by atoms with Crippen LogP contribution >= 0.6 is 0 Å². The molecule has 0 amide bonds. The first kappa shape index (κ1) is 19.0. The Morgan fingerprint density at radius 1 is 0.828 bits per heavy atom. The zero-order valence-electron chi connectivity index (χ0n) is 15.6. The largest absolute Gasteiger partial charge is 0.433 e. The Hall–Kier alpha value is -3.30. The zero-order chi connectivity index (χ0) is 20.4. The second kappa shape index (κ2) is 7.61. The van der Waals surface area contributed by atoms with Gasteiger partial charge in [0.05, 0.1) is 0 Å². The van der Waals surface area contributed by atoms with Gasteiger partial charge in [0, 0.05) is 56.4 Å². The van der Waals surface area contributed by atoms with Gasteiger partial charge in [0.1, 0.15) is 17.5 Å². The SMILES string of the molecule is Cc1nccc(N2CCN(c3cc(C(F)(F)F)nc(-c4ccncc4)n3)CC2)n1. The van der Waals surface area contributed by atoms with Gasteiger partial charge in [-0.05, 0) is 25.1 Å². The van der Waals surface area contributed by atoms with E-state index in [2.05, 4.69) is 29.8 Å². The fourth-order valence-electron chi connectivity index (χ4n) is 3.16. The lowest BCUT2D eigenvalue weighted by atomic mass is 10.2. The minimum absolute atomic E-state index is 0.0334. The molecule has 1 aliphatic heterocycles. The van der Waals surface area contributed by atoms with Crippen LogP contribution in [0.5, 0.6) is 0 Å². The summed E-state index contributed by atoms with van der Waals surface area (Å²) in [6.07, 6.45) is 0.146. The van der Waals surface area contributed by atoms with Gasteiger partial charge in [-0.15, -0.1) is 0 Å². The Bertz CT molecular complexity index is 987. The highest BCUT2D eigenvalue weighted by Crippen LogP contribution is 2.32. The van der Waals surface area contributed by atoms with Crippen molar-refractivity contribution in [2.45, 2.75) is 13.1 Å². The summed E-state index contributed by atoms with van der Waals surface area (Å²) >= 11 is 0. The third-order valence-corrected chi connectivity index (χ3v) is 4.63. The Morgan fingerprint density at radius 2 is 1.48 bits per heavy atom.